The summed E-state index contributed by atoms with van der Waals surface area (Å²) in [4.78, 5) is 0. The molecular formula is C14H8N2O2. The minimum atomic E-state index is 0.624. The van der Waals surface area contributed by atoms with Crippen LogP contribution in [-0.2, 0) is 0 Å². The van der Waals surface area contributed by atoms with Crippen LogP contribution < -0.4 is 0 Å². The van der Waals surface area contributed by atoms with Gasteiger partial charge in [0.25, 0.3) is 0 Å². The first kappa shape index (κ1) is 9.41. The fraction of sp³-hybridized carbons (Fsp3) is 0. The van der Waals surface area contributed by atoms with E-state index in [9.17, 15) is 0 Å². The maximum absolute atomic E-state index is 5.38. The number of rotatable bonds is 1. The van der Waals surface area contributed by atoms with Gasteiger partial charge in [0.2, 0.25) is 11.5 Å². The Morgan fingerprint density at radius 1 is 0.611 bits per heavy atom. The molecule has 0 atom stereocenters. The lowest BCUT2D eigenvalue weighted by atomic mass is 10.1. The van der Waals surface area contributed by atoms with E-state index < -0.39 is 0 Å². The lowest BCUT2D eigenvalue weighted by molar-refractivity contribution is 0.395. The fourth-order valence-electron chi connectivity index (χ4n) is 2.11. The van der Waals surface area contributed by atoms with Gasteiger partial charge >= 0.3 is 0 Å². The standard InChI is InChI=1S/C14H8N2O2/c1-3-7-11-9(5-1)13(17-15-11)14-10-6-2-4-8-12(10)16-18-14/h1-8H. The van der Waals surface area contributed by atoms with Gasteiger partial charge in [-0.3, -0.25) is 0 Å². The Hall–Kier alpha value is -2.62. The van der Waals surface area contributed by atoms with Crippen molar-refractivity contribution in [2.24, 2.45) is 0 Å². The SMILES string of the molecule is c1ccc2c(-c3onc4ccccc34)onc2c1. The average molecular weight is 236 g/mol. The van der Waals surface area contributed by atoms with Gasteiger partial charge in [0.05, 0.1) is 10.8 Å². The second-order valence-corrected chi connectivity index (χ2v) is 4.06. The summed E-state index contributed by atoms with van der Waals surface area (Å²) in [6.07, 6.45) is 0. The van der Waals surface area contributed by atoms with E-state index in [1.54, 1.807) is 0 Å². The predicted molar refractivity (Wildman–Crippen MR) is 67.0 cm³/mol. The quantitative estimate of drug-likeness (QED) is 0.506. The molecule has 4 heteroatoms. The van der Waals surface area contributed by atoms with Gasteiger partial charge in [0.15, 0.2) is 0 Å². The highest BCUT2D eigenvalue weighted by Crippen LogP contribution is 2.33. The van der Waals surface area contributed by atoms with Crippen molar-refractivity contribution in [3.05, 3.63) is 48.5 Å². The molecular weight excluding hydrogens is 228 g/mol. The lowest BCUT2D eigenvalue weighted by Crippen LogP contribution is -1.72. The molecule has 0 radical (unpaired) electrons. The van der Waals surface area contributed by atoms with Crippen molar-refractivity contribution in [3.8, 4) is 11.5 Å². The zero-order valence-corrected chi connectivity index (χ0v) is 9.33. The minimum absolute atomic E-state index is 0.624. The van der Waals surface area contributed by atoms with Gasteiger partial charge in [-0.1, -0.05) is 34.6 Å². The summed E-state index contributed by atoms with van der Waals surface area (Å²) in [5.41, 5.74) is 1.63. The predicted octanol–water partition coefficient (Wildman–Crippen LogP) is 3.64. The van der Waals surface area contributed by atoms with E-state index in [2.05, 4.69) is 10.3 Å². The third-order valence-corrected chi connectivity index (χ3v) is 2.97. The number of aromatic nitrogens is 2. The van der Waals surface area contributed by atoms with Gasteiger partial charge in [-0.2, -0.15) is 0 Å². The van der Waals surface area contributed by atoms with Crippen molar-refractivity contribution in [1.82, 2.24) is 10.3 Å². The summed E-state index contributed by atoms with van der Waals surface area (Å²) in [6, 6.07) is 15.5. The lowest BCUT2D eigenvalue weighted by Gasteiger charge is -1.90. The van der Waals surface area contributed by atoms with Gasteiger partial charge < -0.3 is 9.05 Å². The molecule has 0 fully saturated rings. The highest BCUT2D eigenvalue weighted by Gasteiger charge is 2.17. The molecule has 0 aliphatic carbocycles. The van der Waals surface area contributed by atoms with E-state index in [0.29, 0.717) is 11.5 Å². The second-order valence-electron chi connectivity index (χ2n) is 4.06. The van der Waals surface area contributed by atoms with Crippen LogP contribution >= 0.6 is 0 Å². The Bertz CT molecular complexity index is 773. The van der Waals surface area contributed by atoms with Crippen LogP contribution in [0, 0.1) is 0 Å². The van der Waals surface area contributed by atoms with Crippen LogP contribution in [0.4, 0.5) is 0 Å². The maximum Gasteiger partial charge on any atom is 0.213 e. The van der Waals surface area contributed by atoms with Crippen LogP contribution in [0.15, 0.2) is 57.6 Å². The molecule has 0 saturated heterocycles. The van der Waals surface area contributed by atoms with Crippen LogP contribution in [0.2, 0.25) is 0 Å². The maximum atomic E-state index is 5.38. The van der Waals surface area contributed by atoms with E-state index in [-0.39, 0.29) is 0 Å². The van der Waals surface area contributed by atoms with Crippen molar-refractivity contribution in [2.45, 2.75) is 0 Å². The second kappa shape index (κ2) is 3.43. The summed E-state index contributed by atoms with van der Waals surface area (Å²) in [5, 5.41) is 9.90. The Morgan fingerprint density at radius 2 is 1.06 bits per heavy atom. The smallest absolute Gasteiger partial charge is 0.213 e. The number of hydrogen-bond donors (Lipinski definition) is 0. The van der Waals surface area contributed by atoms with Crippen LogP contribution in [0.3, 0.4) is 0 Å². The summed E-state index contributed by atoms with van der Waals surface area (Å²) < 4.78 is 10.8. The molecule has 0 aliphatic rings. The van der Waals surface area contributed by atoms with Gasteiger partial charge in [-0.15, -0.1) is 0 Å². The van der Waals surface area contributed by atoms with E-state index in [4.69, 9.17) is 9.05 Å². The molecule has 86 valence electrons. The molecule has 0 unspecified atom stereocenters. The third kappa shape index (κ3) is 1.20. The number of nitrogens with zero attached hydrogens (tertiary/aromatic N) is 2. The van der Waals surface area contributed by atoms with E-state index in [0.717, 1.165) is 21.8 Å². The highest BCUT2D eigenvalue weighted by atomic mass is 16.5. The Labute approximate surface area is 102 Å². The highest BCUT2D eigenvalue weighted by molar-refractivity contribution is 5.98. The van der Waals surface area contributed by atoms with Crippen molar-refractivity contribution < 1.29 is 9.05 Å². The van der Waals surface area contributed by atoms with Crippen molar-refractivity contribution in [1.29, 1.82) is 0 Å². The van der Waals surface area contributed by atoms with Gasteiger partial charge in [0.1, 0.15) is 11.0 Å². The van der Waals surface area contributed by atoms with Crippen LogP contribution in [0.25, 0.3) is 33.3 Å². The van der Waals surface area contributed by atoms with Crippen molar-refractivity contribution in [3.63, 3.8) is 0 Å². The van der Waals surface area contributed by atoms with Gasteiger partial charge in [0, 0.05) is 0 Å². The number of hydrogen-bond acceptors (Lipinski definition) is 4. The van der Waals surface area contributed by atoms with Gasteiger partial charge in [-0.25, -0.2) is 0 Å². The monoisotopic (exact) mass is 236 g/mol. The van der Waals surface area contributed by atoms with Crippen LogP contribution in [0.5, 0.6) is 0 Å². The fourth-order valence-corrected chi connectivity index (χ4v) is 2.11. The molecule has 2 aromatic carbocycles. The van der Waals surface area contributed by atoms with Gasteiger partial charge in [-0.05, 0) is 24.3 Å². The van der Waals surface area contributed by atoms with E-state index in [1.807, 2.05) is 48.5 Å². The zero-order chi connectivity index (χ0) is 11.9. The largest absolute Gasteiger partial charge is 0.352 e. The molecule has 4 rings (SSSR count). The first-order valence-corrected chi connectivity index (χ1v) is 5.63. The molecule has 2 aromatic heterocycles. The molecule has 0 saturated carbocycles. The molecule has 4 aromatic rings. The summed E-state index contributed by atoms with van der Waals surface area (Å²) >= 11 is 0. The number of fused-ring (bicyclic) bond motifs is 2. The Balaban J connectivity index is 2.08. The van der Waals surface area contributed by atoms with Crippen molar-refractivity contribution in [2.75, 3.05) is 0 Å². The Kier molecular flexibility index (Phi) is 1.80. The summed E-state index contributed by atoms with van der Waals surface area (Å²) in [6.45, 7) is 0. The molecule has 0 amide bonds. The zero-order valence-electron chi connectivity index (χ0n) is 9.33. The van der Waals surface area contributed by atoms with Crippen LogP contribution in [-0.4, -0.2) is 10.3 Å². The van der Waals surface area contributed by atoms with Crippen molar-refractivity contribution >= 4 is 21.8 Å². The molecule has 4 nitrogen and oxygen atoms in total. The summed E-state index contributed by atoms with van der Waals surface area (Å²) in [7, 11) is 0. The van der Waals surface area contributed by atoms with E-state index in [1.165, 1.54) is 0 Å². The minimum Gasteiger partial charge on any atom is -0.352 e. The normalized spacial score (nSPS) is 11.3. The first-order valence-electron chi connectivity index (χ1n) is 5.63. The molecule has 0 spiro atoms. The molecule has 0 N–H and O–H groups in total. The first-order chi connectivity index (χ1) is 8.93. The summed E-state index contributed by atoms with van der Waals surface area (Å²) in [5.74, 6) is 1.25. The molecule has 0 aliphatic heterocycles. The van der Waals surface area contributed by atoms with Crippen LogP contribution in [0.1, 0.15) is 0 Å². The molecule has 0 bridgehead atoms. The topological polar surface area (TPSA) is 52.1 Å². The third-order valence-electron chi connectivity index (χ3n) is 2.97. The Morgan fingerprint density at radius 3 is 1.56 bits per heavy atom. The number of benzene rings is 2. The average Bonchev–Trinajstić information content (AvgIpc) is 3.01. The van der Waals surface area contributed by atoms with E-state index >= 15 is 0 Å². The molecule has 2 heterocycles. The molecule has 18 heavy (non-hydrogen) atoms.